The molecule has 0 spiro atoms. The van der Waals surface area contributed by atoms with E-state index in [0.717, 1.165) is 5.69 Å². The smallest absolute Gasteiger partial charge is 0.387 e. The van der Waals surface area contributed by atoms with Gasteiger partial charge in [0.15, 0.2) is 11.9 Å². The Bertz CT molecular complexity index is 822. The number of rotatable bonds is 5. The van der Waals surface area contributed by atoms with Gasteiger partial charge in [0.25, 0.3) is 0 Å². The summed E-state index contributed by atoms with van der Waals surface area (Å²) < 4.78 is 22.2. The van der Waals surface area contributed by atoms with Gasteiger partial charge < -0.3 is 30.1 Å². The van der Waals surface area contributed by atoms with E-state index >= 15 is 0 Å². The number of anilines is 1. The lowest BCUT2D eigenvalue weighted by molar-refractivity contribution is -0.0504. The van der Waals surface area contributed by atoms with Crippen LogP contribution in [-0.4, -0.2) is 66.5 Å². The minimum absolute atomic E-state index is 0.442. The standard InChI is InChI=1S/C13H19N4O7P/c1-6-3-7(14-2)9-12(16-6)17(5-15-9)13-11(19)10(18)8(24-13)4-23-25(20,21)22/h3,5,8,10-11,13,18-19H,4H2,1-2H3,(H,14,16)(H2,20,21,22)/t8-,10-,11-,13-/m1/s1. The van der Waals surface area contributed by atoms with E-state index < -0.39 is 39.0 Å². The molecule has 1 aliphatic heterocycles. The summed E-state index contributed by atoms with van der Waals surface area (Å²) in [5, 5.41) is 23.3. The monoisotopic (exact) mass is 374 g/mol. The first kappa shape index (κ1) is 18.2. The lowest BCUT2D eigenvalue weighted by Crippen LogP contribution is -2.33. The maximum Gasteiger partial charge on any atom is 0.469 e. The number of phosphoric ester groups is 1. The highest BCUT2D eigenvalue weighted by atomic mass is 31.2. The third-order valence-electron chi connectivity index (χ3n) is 3.95. The molecule has 138 valence electrons. The van der Waals surface area contributed by atoms with Crippen molar-refractivity contribution in [3.63, 3.8) is 0 Å². The van der Waals surface area contributed by atoms with Gasteiger partial charge in [0.1, 0.15) is 23.8 Å². The number of phosphoric acid groups is 1. The number of aliphatic hydroxyl groups excluding tert-OH is 2. The Hall–Kier alpha value is -1.59. The minimum atomic E-state index is -4.71. The lowest BCUT2D eigenvalue weighted by atomic mass is 10.1. The second-order valence-electron chi connectivity index (χ2n) is 5.72. The molecule has 0 saturated carbocycles. The number of hydrogen-bond donors (Lipinski definition) is 5. The number of hydrogen-bond acceptors (Lipinski definition) is 8. The Morgan fingerprint density at radius 2 is 2.12 bits per heavy atom. The van der Waals surface area contributed by atoms with Crippen molar-refractivity contribution in [1.82, 2.24) is 14.5 Å². The first-order chi connectivity index (χ1) is 11.7. The van der Waals surface area contributed by atoms with Crippen molar-refractivity contribution in [3.8, 4) is 0 Å². The molecule has 3 rings (SSSR count). The molecule has 4 atom stereocenters. The summed E-state index contributed by atoms with van der Waals surface area (Å²) >= 11 is 0. The van der Waals surface area contributed by atoms with E-state index in [4.69, 9.17) is 14.5 Å². The molecule has 5 N–H and O–H groups in total. The summed E-state index contributed by atoms with van der Waals surface area (Å²) in [6.45, 7) is 1.23. The molecule has 2 aromatic heterocycles. The first-order valence-electron chi connectivity index (χ1n) is 7.45. The Kier molecular flexibility index (Phi) is 4.82. The average Bonchev–Trinajstić information content (AvgIpc) is 3.06. The Balaban J connectivity index is 1.90. The molecule has 2 aromatic rings. The van der Waals surface area contributed by atoms with Crippen molar-refractivity contribution in [2.75, 3.05) is 19.0 Å². The topological polar surface area (TPSA) is 159 Å². The molecule has 0 aliphatic carbocycles. The number of ether oxygens (including phenoxy) is 1. The maximum absolute atomic E-state index is 10.8. The molecule has 1 fully saturated rings. The average molecular weight is 374 g/mol. The highest BCUT2D eigenvalue weighted by molar-refractivity contribution is 7.46. The zero-order chi connectivity index (χ0) is 18.4. The van der Waals surface area contributed by atoms with Gasteiger partial charge in [0.2, 0.25) is 0 Å². The van der Waals surface area contributed by atoms with Crippen LogP contribution in [0.25, 0.3) is 11.2 Å². The van der Waals surface area contributed by atoms with Crippen LogP contribution in [0.2, 0.25) is 0 Å². The number of aliphatic hydroxyl groups is 2. The fourth-order valence-electron chi connectivity index (χ4n) is 2.78. The SMILES string of the molecule is CNc1cc(C)nc2c1ncn2[C@@H]1O[C@H](COP(=O)(O)O)[C@@H](O)[C@H]1O. The van der Waals surface area contributed by atoms with Crippen LogP contribution in [0.15, 0.2) is 12.4 Å². The van der Waals surface area contributed by atoms with Crippen LogP contribution in [-0.2, 0) is 13.8 Å². The van der Waals surface area contributed by atoms with Gasteiger partial charge in [0, 0.05) is 12.7 Å². The fraction of sp³-hybridized carbons (Fsp3) is 0.538. The highest BCUT2D eigenvalue weighted by Crippen LogP contribution is 2.39. The second-order valence-corrected chi connectivity index (χ2v) is 6.96. The predicted octanol–water partition coefficient (Wildman–Crippen LogP) is -0.490. The number of nitrogens with zero attached hydrogens (tertiary/aromatic N) is 3. The van der Waals surface area contributed by atoms with Crippen molar-refractivity contribution < 1.29 is 33.8 Å². The van der Waals surface area contributed by atoms with Gasteiger partial charge in [-0.05, 0) is 13.0 Å². The Labute approximate surface area is 142 Å². The van der Waals surface area contributed by atoms with E-state index in [2.05, 4.69) is 19.8 Å². The minimum Gasteiger partial charge on any atom is -0.387 e. The molecule has 1 aliphatic rings. The molecule has 0 amide bonds. The third-order valence-corrected chi connectivity index (χ3v) is 4.43. The number of nitrogens with one attached hydrogen (secondary N) is 1. The highest BCUT2D eigenvalue weighted by Gasteiger charge is 2.45. The first-order valence-corrected chi connectivity index (χ1v) is 8.98. The lowest BCUT2D eigenvalue weighted by Gasteiger charge is -2.17. The number of imidazole rings is 1. The van der Waals surface area contributed by atoms with E-state index in [1.807, 2.05) is 6.07 Å². The van der Waals surface area contributed by atoms with Gasteiger partial charge in [0.05, 0.1) is 18.6 Å². The van der Waals surface area contributed by atoms with Gasteiger partial charge in [-0.2, -0.15) is 0 Å². The number of aromatic nitrogens is 3. The maximum atomic E-state index is 10.8. The van der Waals surface area contributed by atoms with Gasteiger partial charge in [-0.15, -0.1) is 0 Å². The van der Waals surface area contributed by atoms with Crippen LogP contribution >= 0.6 is 7.82 Å². The zero-order valence-corrected chi connectivity index (χ0v) is 14.4. The second kappa shape index (κ2) is 6.61. The van der Waals surface area contributed by atoms with Crippen molar-refractivity contribution in [3.05, 3.63) is 18.1 Å². The molecular formula is C13H19N4O7P. The summed E-state index contributed by atoms with van der Waals surface area (Å²) in [7, 11) is -2.97. The van der Waals surface area contributed by atoms with E-state index in [1.54, 1.807) is 14.0 Å². The van der Waals surface area contributed by atoms with Crippen molar-refractivity contribution in [2.24, 2.45) is 0 Å². The van der Waals surface area contributed by atoms with Crippen molar-refractivity contribution in [1.29, 1.82) is 0 Å². The molecule has 11 nitrogen and oxygen atoms in total. The van der Waals surface area contributed by atoms with Crippen LogP contribution in [0.4, 0.5) is 5.69 Å². The summed E-state index contributed by atoms with van der Waals surface area (Å²) in [6, 6.07) is 1.82. The van der Waals surface area contributed by atoms with E-state index in [9.17, 15) is 14.8 Å². The molecule has 0 unspecified atom stereocenters. The molecule has 12 heteroatoms. The van der Waals surface area contributed by atoms with Crippen molar-refractivity contribution in [2.45, 2.75) is 31.5 Å². The summed E-state index contributed by atoms with van der Waals surface area (Å²) in [6.07, 6.45) is -3.45. The van der Waals surface area contributed by atoms with E-state index in [0.29, 0.717) is 16.9 Å². The Morgan fingerprint density at radius 3 is 2.76 bits per heavy atom. The van der Waals surface area contributed by atoms with Crippen LogP contribution in [0.3, 0.4) is 0 Å². The van der Waals surface area contributed by atoms with Crippen LogP contribution < -0.4 is 5.32 Å². The molecule has 0 radical (unpaired) electrons. The number of pyridine rings is 1. The molecule has 25 heavy (non-hydrogen) atoms. The van der Waals surface area contributed by atoms with Gasteiger partial charge >= 0.3 is 7.82 Å². The number of fused-ring (bicyclic) bond motifs is 1. The summed E-state index contributed by atoms with van der Waals surface area (Å²) in [5.41, 5.74) is 2.47. The van der Waals surface area contributed by atoms with Gasteiger partial charge in [-0.3, -0.25) is 9.09 Å². The summed E-state index contributed by atoms with van der Waals surface area (Å²) in [5.74, 6) is 0. The molecule has 3 heterocycles. The molecule has 0 aromatic carbocycles. The van der Waals surface area contributed by atoms with E-state index in [-0.39, 0.29) is 0 Å². The fourth-order valence-corrected chi connectivity index (χ4v) is 3.12. The summed E-state index contributed by atoms with van der Waals surface area (Å²) in [4.78, 5) is 26.2. The molecule has 1 saturated heterocycles. The predicted molar refractivity (Wildman–Crippen MR) is 85.7 cm³/mol. The van der Waals surface area contributed by atoms with Crippen LogP contribution in [0, 0.1) is 6.92 Å². The normalized spacial score (nSPS) is 27.1. The van der Waals surface area contributed by atoms with Crippen LogP contribution in [0.5, 0.6) is 0 Å². The third kappa shape index (κ3) is 3.53. The van der Waals surface area contributed by atoms with Gasteiger partial charge in [-0.1, -0.05) is 0 Å². The van der Waals surface area contributed by atoms with Crippen LogP contribution in [0.1, 0.15) is 11.9 Å². The number of aryl methyl sites for hydroxylation is 1. The zero-order valence-electron chi connectivity index (χ0n) is 13.5. The van der Waals surface area contributed by atoms with E-state index in [1.165, 1.54) is 10.9 Å². The van der Waals surface area contributed by atoms with Crippen molar-refractivity contribution >= 4 is 24.7 Å². The molecular weight excluding hydrogens is 355 g/mol. The quantitative estimate of drug-likeness (QED) is 0.432. The largest absolute Gasteiger partial charge is 0.469 e. The molecule has 0 bridgehead atoms. The van der Waals surface area contributed by atoms with Gasteiger partial charge in [-0.25, -0.2) is 14.5 Å². The Morgan fingerprint density at radius 1 is 1.40 bits per heavy atom.